The Balaban J connectivity index is 1.01. The zero-order valence-electron chi connectivity index (χ0n) is 36.2. The van der Waals surface area contributed by atoms with Crippen molar-refractivity contribution in [3.63, 3.8) is 0 Å². The highest BCUT2D eigenvalue weighted by Gasteiger charge is 2.49. The minimum atomic E-state index is -0.621. The van der Waals surface area contributed by atoms with Gasteiger partial charge >= 0.3 is 0 Å². The molecule has 1 spiro atoms. The number of ether oxygens (including phenoxy) is 1. The van der Waals surface area contributed by atoms with Crippen molar-refractivity contribution in [1.29, 1.82) is 0 Å². The molecule has 0 bridgehead atoms. The van der Waals surface area contributed by atoms with Gasteiger partial charge < -0.3 is 14.2 Å². The number of para-hydroxylation sites is 2. The highest BCUT2D eigenvalue weighted by Crippen LogP contribution is 2.62. The largest absolute Gasteiger partial charge is 0.457 e. The first-order valence-electron chi connectivity index (χ1n) is 23.0. The number of hydrogen-bond acceptors (Lipinski definition) is 3. The van der Waals surface area contributed by atoms with E-state index in [-0.39, 0.29) is 0 Å². The summed E-state index contributed by atoms with van der Waals surface area (Å²) in [6, 6.07) is 85.0. The average Bonchev–Trinajstić information content (AvgIpc) is 3.93. The van der Waals surface area contributed by atoms with Crippen LogP contribution in [0.2, 0.25) is 0 Å². The molecule has 11 aromatic carbocycles. The number of anilines is 3. The van der Waals surface area contributed by atoms with Gasteiger partial charge in [0.25, 0.3) is 0 Å². The maximum atomic E-state index is 7.20. The summed E-state index contributed by atoms with van der Waals surface area (Å²) < 4.78 is 12.2. The molecule has 1 aliphatic carbocycles. The average molecular weight is 871 g/mol. The van der Waals surface area contributed by atoms with E-state index in [0.29, 0.717) is 0 Å². The fraction of sp³-hybridized carbons (Fsp3) is 0.0159. The van der Waals surface area contributed by atoms with Crippen LogP contribution < -0.4 is 9.64 Å². The lowest BCUT2D eigenvalue weighted by Crippen LogP contribution is -2.36. The molecule has 0 saturated heterocycles. The van der Waals surface area contributed by atoms with Crippen molar-refractivity contribution >= 4 is 91.9 Å². The minimum absolute atomic E-state index is 0.621. The van der Waals surface area contributed by atoms with Gasteiger partial charge in [-0.2, -0.15) is 0 Å². The zero-order chi connectivity index (χ0) is 43.8. The summed E-state index contributed by atoms with van der Waals surface area (Å²) in [5.74, 6) is 1.72. The van der Waals surface area contributed by atoms with Crippen molar-refractivity contribution in [1.82, 2.24) is 4.57 Å². The lowest BCUT2D eigenvalue weighted by atomic mass is 9.58. The van der Waals surface area contributed by atoms with Crippen LogP contribution in [0.1, 0.15) is 22.3 Å². The molecule has 1 aliphatic heterocycles. The summed E-state index contributed by atoms with van der Waals surface area (Å²) in [4.78, 5) is 2.46. The third-order valence-electron chi connectivity index (χ3n) is 14.6. The molecule has 0 saturated carbocycles. The van der Waals surface area contributed by atoms with E-state index in [1.165, 1.54) is 85.9 Å². The van der Waals surface area contributed by atoms with Gasteiger partial charge in [0.1, 0.15) is 11.5 Å². The van der Waals surface area contributed by atoms with Gasteiger partial charge in [-0.15, -0.1) is 11.3 Å². The molecule has 0 fully saturated rings. The third-order valence-corrected chi connectivity index (χ3v) is 15.7. The number of rotatable bonds is 4. The Morgan fingerprint density at radius 1 is 0.388 bits per heavy atom. The van der Waals surface area contributed by atoms with Crippen molar-refractivity contribution in [2.24, 2.45) is 0 Å². The van der Waals surface area contributed by atoms with Crippen molar-refractivity contribution in [2.75, 3.05) is 4.90 Å². The van der Waals surface area contributed by atoms with Gasteiger partial charge in [-0.05, 0) is 99.1 Å². The van der Waals surface area contributed by atoms with E-state index in [0.717, 1.165) is 45.2 Å². The molecule has 312 valence electrons. The van der Waals surface area contributed by atoms with E-state index >= 15 is 0 Å². The normalized spacial score (nSPS) is 14.7. The standard InChI is InChI=1S/C63H38N2OS/c1-2-19-43-39(15-1)16-13-28-53(43)65-54-27-8-4-21-45(54)48-37-41(34-36-55(48)65)64(56-29-14-32-60-62(56)47-22-5-10-31-59(47)67-60)42-33-35-51-58(38-42)66-57-30-9-7-25-50(57)63(51)49-24-6-3-20-44(49)46-23-11-17-40-18-12-26-52(63)61(40)46/h1-38H. The smallest absolute Gasteiger partial charge is 0.134 e. The quantitative estimate of drug-likeness (QED) is 0.175. The molecular weight excluding hydrogens is 833 g/mol. The molecule has 1 unspecified atom stereocenters. The van der Waals surface area contributed by atoms with Crippen LogP contribution in [0.5, 0.6) is 11.5 Å². The second kappa shape index (κ2) is 13.8. The lowest BCUT2D eigenvalue weighted by Gasteiger charge is -2.45. The van der Waals surface area contributed by atoms with Crippen LogP contribution in [0.4, 0.5) is 17.1 Å². The topological polar surface area (TPSA) is 17.4 Å². The van der Waals surface area contributed by atoms with Crippen LogP contribution in [0.25, 0.3) is 80.3 Å². The number of thiophene rings is 1. The Labute approximate surface area is 390 Å². The second-order valence-electron chi connectivity index (χ2n) is 17.9. The summed E-state index contributed by atoms with van der Waals surface area (Å²) in [6.45, 7) is 0. The van der Waals surface area contributed by atoms with Crippen LogP contribution in [-0.2, 0) is 5.41 Å². The Kier molecular flexibility index (Phi) is 7.58. The van der Waals surface area contributed by atoms with Gasteiger partial charge in [0, 0.05) is 64.9 Å². The molecule has 0 N–H and O–H groups in total. The van der Waals surface area contributed by atoms with E-state index in [2.05, 4.69) is 240 Å². The fourth-order valence-corrected chi connectivity index (χ4v) is 13.1. The van der Waals surface area contributed by atoms with E-state index in [1.807, 2.05) is 11.3 Å². The summed E-state index contributed by atoms with van der Waals surface area (Å²) >= 11 is 1.85. The number of hydrogen-bond donors (Lipinski definition) is 0. The highest BCUT2D eigenvalue weighted by atomic mass is 32.1. The van der Waals surface area contributed by atoms with Gasteiger partial charge in [-0.25, -0.2) is 0 Å². The molecule has 67 heavy (non-hydrogen) atoms. The maximum Gasteiger partial charge on any atom is 0.134 e. The summed E-state index contributed by atoms with van der Waals surface area (Å²) in [5.41, 5.74) is 13.5. The molecule has 3 heterocycles. The van der Waals surface area contributed by atoms with E-state index in [9.17, 15) is 0 Å². The first-order valence-corrected chi connectivity index (χ1v) is 23.8. The van der Waals surface area contributed by atoms with Crippen molar-refractivity contribution < 1.29 is 4.74 Å². The Bertz CT molecular complexity index is 4220. The van der Waals surface area contributed by atoms with E-state index in [1.54, 1.807) is 0 Å². The zero-order valence-corrected chi connectivity index (χ0v) is 37.0. The molecular formula is C63H38N2OS. The molecule has 0 radical (unpaired) electrons. The summed E-state index contributed by atoms with van der Waals surface area (Å²) in [7, 11) is 0. The van der Waals surface area contributed by atoms with Gasteiger partial charge in [0.15, 0.2) is 0 Å². The fourth-order valence-electron chi connectivity index (χ4n) is 12.0. The molecule has 0 amide bonds. The second-order valence-corrected chi connectivity index (χ2v) is 19.0. The monoisotopic (exact) mass is 870 g/mol. The maximum absolute atomic E-state index is 7.20. The first kappa shape index (κ1) is 36.9. The van der Waals surface area contributed by atoms with Crippen LogP contribution >= 0.6 is 11.3 Å². The molecule has 2 aliphatic rings. The van der Waals surface area contributed by atoms with Gasteiger partial charge in [-0.1, -0.05) is 164 Å². The van der Waals surface area contributed by atoms with Crippen LogP contribution in [0.15, 0.2) is 231 Å². The van der Waals surface area contributed by atoms with E-state index < -0.39 is 5.41 Å². The predicted octanol–water partition coefficient (Wildman–Crippen LogP) is 17.4. The molecule has 13 aromatic rings. The SMILES string of the molecule is c1ccc2c(c1)Oc1cc(N(c3ccc4c(c3)c3ccccc3n4-c3cccc4ccccc34)c3cccc4sc5ccccc5c34)ccc1C21c2ccccc2-c2cccc3cccc1c23. The third kappa shape index (κ3) is 5.00. The van der Waals surface area contributed by atoms with Crippen molar-refractivity contribution in [2.45, 2.75) is 5.41 Å². The Morgan fingerprint density at radius 3 is 1.96 bits per heavy atom. The van der Waals surface area contributed by atoms with E-state index in [4.69, 9.17) is 4.74 Å². The molecule has 15 rings (SSSR count). The summed E-state index contributed by atoms with van der Waals surface area (Å²) in [5, 5.41) is 9.89. The molecule has 1 atom stereocenters. The number of benzene rings is 11. The van der Waals surface area contributed by atoms with Gasteiger partial charge in [0.2, 0.25) is 0 Å². The van der Waals surface area contributed by atoms with Crippen molar-refractivity contribution in [3.05, 3.63) is 253 Å². The Morgan fingerprint density at radius 2 is 1.01 bits per heavy atom. The minimum Gasteiger partial charge on any atom is -0.457 e. The number of nitrogens with zero attached hydrogens (tertiary/aromatic N) is 2. The van der Waals surface area contributed by atoms with Crippen molar-refractivity contribution in [3.8, 4) is 28.3 Å². The Hall–Kier alpha value is -8.44. The number of aromatic nitrogens is 1. The van der Waals surface area contributed by atoms with Crippen LogP contribution in [0.3, 0.4) is 0 Å². The van der Waals surface area contributed by atoms with Crippen LogP contribution in [-0.4, -0.2) is 4.57 Å². The highest BCUT2D eigenvalue weighted by molar-refractivity contribution is 7.26. The molecule has 2 aromatic heterocycles. The summed E-state index contributed by atoms with van der Waals surface area (Å²) in [6.07, 6.45) is 0. The van der Waals surface area contributed by atoms with Gasteiger partial charge in [0.05, 0.1) is 27.8 Å². The lowest BCUT2D eigenvalue weighted by molar-refractivity contribution is 0.435. The van der Waals surface area contributed by atoms with Gasteiger partial charge in [-0.3, -0.25) is 0 Å². The first-order chi connectivity index (χ1) is 33.2. The number of fused-ring (bicyclic) bond motifs is 15. The molecule has 3 nitrogen and oxygen atoms in total. The van der Waals surface area contributed by atoms with Crippen LogP contribution in [0, 0.1) is 0 Å². The molecule has 4 heteroatoms. The predicted molar refractivity (Wildman–Crippen MR) is 281 cm³/mol.